The Morgan fingerprint density at radius 3 is 2.46 bits per heavy atom. The van der Waals surface area contributed by atoms with Gasteiger partial charge in [-0.15, -0.1) is 0 Å². The van der Waals surface area contributed by atoms with Crippen molar-refractivity contribution in [1.82, 2.24) is 20.3 Å². The molecule has 13 nitrogen and oxygen atoms in total. The fourth-order valence-corrected chi connectivity index (χ4v) is 4.34. The number of nitrogens with two attached hydrogens (primary N) is 2. The zero-order valence-corrected chi connectivity index (χ0v) is 22.1. The van der Waals surface area contributed by atoms with Crippen LogP contribution < -0.4 is 22.1 Å². The van der Waals surface area contributed by atoms with Gasteiger partial charge in [0.05, 0.1) is 23.7 Å². The summed E-state index contributed by atoms with van der Waals surface area (Å²) in [6, 6.07) is 11.8. The normalized spacial score (nSPS) is 11.5. The highest BCUT2D eigenvalue weighted by molar-refractivity contribution is 6.01. The van der Waals surface area contributed by atoms with Crippen molar-refractivity contribution in [3.05, 3.63) is 77.0 Å². The molecule has 4 aromatic rings. The molecule has 1 atom stereocenters. The first-order chi connectivity index (χ1) is 19.7. The minimum Gasteiger partial charge on any atom is -0.478 e. The second-order valence-electron chi connectivity index (χ2n) is 9.19. The molecule has 41 heavy (non-hydrogen) atoms. The standard InChI is InChI=1S/C28H29N7O6/c1-41-27(40)20(12-13-21(36)32-19-5-3-2-4-18(19)26(38)39)33-25(37)16-9-6-15(7-10-16)8-11-17-14-31-24-22(17)23(29)34-28(30)35-24/h2-7,9-10,14,20H,8,11-13H2,1H3,(H,32,36)(H,33,37)(H,38,39)(H5,29,30,31,34,35)/t20-/m0/s1. The molecule has 0 fully saturated rings. The average Bonchev–Trinajstić information content (AvgIpc) is 3.37. The van der Waals surface area contributed by atoms with E-state index in [1.807, 2.05) is 18.3 Å². The topological polar surface area (TPSA) is 215 Å². The number of methoxy groups -OCH3 is 1. The zero-order chi connectivity index (χ0) is 29.5. The molecule has 0 aliphatic heterocycles. The summed E-state index contributed by atoms with van der Waals surface area (Å²) in [5.74, 6) is -2.53. The van der Waals surface area contributed by atoms with Crippen LogP contribution in [0.15, 0.2) is 54.7 Å². The highest BCUT2D eigenvalue weighted by Crippen LogP contribution is 2.24. The number of nitrogens with one attached hydrogen (secondary N) is 3. The van der Waals surface area contributed by atoms with Crippen molar-refractivity contribution >= 4 is 52.2 Å². The number of nitrogen functional groups attached to an aromatic ring is 2. The van der Waals surface area contributed by atoms with Crippen molar-refractivity contribution in [2.24, 2.45) is 0 Å². The van der Waals surface area contributed by atoms with E-state index in [1.165, 1.54) is 19.2 Å². The minimum absolute atomic E-state index is 0.0549. The molecule has 212 valence electrons. The summed E-state index contributed by atoms with van der Waals surface area (Å²) in [6.07, 6.45) is 2.90. The Labute approximate surface area is 234 Å². The maximum atomic E-state index is 12.9. The van der Waals surface area contributed by atoms with Gasteiger partial charge in [0.15, 0.2) is 0 Å². The number of hydrogen-bond donors (Lipinski definition) is 6. The van der Waals surface area contributed by atoms with Gasteiger partial charge in [0.25, 0.3) is 5.91 Å². The van der Waals surface area contributed by atoms with Crippen molar-refractivity contribution in [1.29, 1.82) is 0 Å². The van der Waals surface area contributed by atoms with Gasteiger partial charge in [0.1, 0.15) is 17.5 Å². The van der Waals surface area contributed by atoms with Gasteiger partial charge in [-0.1, -0.05) is 24.3 Å². The molecule has 0 spiro atoms. The first-order valence-electron chi connectivity index (χ1n) is 12.6. The van der Waals surface area contributed by atoms with Crippen LogP contribution in [0.25, 0.3) is 11.0 Å². The highest BCUT2D eigenvalue weighted by atomic mass is 16.5. The second kappa shape index (κ2) is 12.6. The van der Waals surface area contributed by atoms with E-state index in [-0.39, 0.29) is 30.0 Å². The molecule has 8 N–H and O–H groups in total. The van der Waals surface area contributed by atoms with Gasteiger partial charge in [-0.3, -0.25) is 9.59 Å². The van der Waals surface area contributed by atoms with Gasteiger partial charge in [-0.05, 0) is 54.7 Å². The van der Waals surface area contributed by atoms with E-state index in [4.69, 9.17) is 16.2 Å². The number of aromatic carboxylic acids is 1. The number of carbonyl (C=O) groups excluding carboxylic acids is 3. The molecule has 2 heterocycles. The van der Waals surface area contributed by atoms with Crippen LogP contribution in [-0.2, 0) is 27.2 Å². The third-order valence-corrected chi connectivity index (χ3v) is 6.44. The van der Waals surface area contributed by atoms with E-state index in [0.717, 1.165) is 16.5 Å². The molecule has 0 saturated heterocycles. The Morgan fingerprint density at radius 1 is 1.02 bits per heavy atom. The summed E-state index contributed by atoms with van der Waals surface area (Å²) in [5.41, 5.74) is 14.5. The quantitative estimate of drug-likeness (QED) is 0.147. The van der Waals surface area contributed by atoms with Crippen LogP contribution in [0.3, 0.4) is 0 Å². The van der Waals surface area contributed by atoms with Gasteiger partial charge in [0, 0.05) is 18.2 Å². The predicted molar refractivity (Wildman–Crippen MR) is 151 cm³/mol. The van der Waals surface area contributed by atoms with E-state index < -0.39 is 29.8 Å². The molecule has 0 unspecified atom stereocenters. The SMILES string of the molecule is COC(=O)[C@H](CCC(=O)Nc1ccccc1C(=O)O)NC(=O)c1ccc(CCc2c[nH]c3nc(N)nc(N)c23)cc1. The summed E-state index contributed by atoms with van der Waals surface area (Å²) in [6.45, 7) is 0. The number of para-hydroxylation sites is 1. The summed E-state index contributed by atoms with van der Waals surface area (Å²) in [5, 5.41) is 15.1. The van der Waals surface area contributed by atoms with E-state index in [1.54, 1.807) is 24.3 Å². The lowest BCUT2D eigenvalue weighted by Crippen LogP contribution is -2.42. The Balaban J connectivity index is 1.34. The molecule has 0 bridgehead atoms. The fourth-order valence-electron chi connectivity index (χ4n) is 4.34. The molecular weight excluding hydrogens is 530 g/mol. The van der Waals surface area contributed by atoms with Gasteiger partial charge in [-0.25, -0.2) is 9.59 Å². The number of fused-ring (bicyclic) bond motifs is 1. The molecule has 0 aliphatic rings. The van der Waals surface area contributed by atoms with Gasteiger partial charge < -0.3 is 36.9 Å². The number of amides is 2. The molecule has 13 heteroatoms. The molecule has 4 rings (SSSR count). The maximum Gasteiger partial charge on any atom is 0.337 e. The number of esters is 1. The number of nitrogens with zero attached hydrogens (tertiary/aromatic N) is 2. The highest BCUT2D eigenvalue weighted by Gasteiger charge is 2.24. The van der Waals surface area contributed by atoms with Crippen LogP contribution in [0.1, 0.15) is 44.7 Å². The lowest BCUT2D eigenvalue weighted by Gasteiger charge is -2.17. The third kappa shape index (κ3) is 6.95. The number of anilines is 3. The first-order valence-corrected chi connectivity index (χ1v) is 12.6. The first kappa shape index (κ1) is 28.5. The van der Waals surface area contributed by atoms with Crippen LogP contribution in [0.2, 0.25) is 0 Å². The van der Waals surface area contributed by atoms with E-state index in [2.05, 4.69) is 25.6 Å². The average molecular weight is 560 g/mol. The zero-order valence-electron chi connectivity index (χ0n) is 22.1. The number of ether oxygens (including phenoxy) is 1. The van der Waals surface area contributed by atoms with Crippen molar-refractivity contribution < 1.29 is 29.0 Å². The second-order valence-corrected chi connectivity index (χ2v) is 9.19. The number of rotatable bonds is 11. The van der Waals surface area contributed by atoms with Crippen LogP contribution in [0.4, 0.5) is 17.5 Å². The number of benzene rings is 2. The molecular formula is C28H29N7O6. The number of carbonyl (C=O) groups is 4. The summed E-state index contributed by atoms with van der Waals surface area (Å²) in [4.78, 5) is 60.2. The molecule has 2 aromatic heterocycles. The predicted octanol–water partition coefficient (Wildman–Crippen LogP) is 2.30. The van der Waals surface area contributed by atoms with Crippen LogP contribution >= 0.6 is 0 Å². The number of carboxylic acids is 1. The maximum absolute atomic E-state index is 12.9. The van der Waals surface area contributed by atoms with Crippen LogP contribution in [0.5, 0.6) is 0 Å². The number of hydrogen-bond acceptors (Lipinski definition) is 9. The molecule has 2 aromatic carbocycles. The van der Waals surface area contributed by atoms with Crippen LogP contribution in [-0.4, -0.2) is 57.0 Å². The van der Waals surface area contributed by atoms with Crippen LogP contribution in [0, 0.1) is 0 Å². The Kier molecular flexibility index (Phi) is 8.77. The Hall–Kier alpha value is -5.46. The van der Waals surface area contributed by atoms with E-state index in [0.29, 0.717) is 29.9 Å². The van der Waals surface area contributed by atoms with Crippen molar-refractivity contribution in [2.75, 3.05) is 23.9 Å². The lowest BCUT2D eigenvalue weighted by atomic mass is 10.0. The molecule has 0 saturated carbocycles. The molecule has 0 radical (unpaired) electrons. The number of aromatic nitrogens is 3. The number of H-pyrrole nitrogens is 1. The van der Waals surface area contributed by atoms with Crippen molar-refractivity contribution in [3.63, 3.8) is 0 Å². The summed E-state index contributed by atoms with van der Waals surface area (Å²) < 4.78 is 4.79. The number of carboxylic acid groups (broad SMARTS) is 1. The monoisotopic (exact) mass is 559 g/mol. The number of aromatic amines is 1. The summed E-state index contributed by atoms with van der Waals surface area (Å²) >= 11 is 0. The largest absolute Gasteiger partial charge is 0.478 e. The molecule has 2 amide bonds. The number of aryl methyl sites for hydroxylation is 2. The molecule has 0 aliphatic carbocycles. The summed E-state index contributed by atoms with van der Waals surface area (Å²) in [7, 11) is 1.18. The van der Waals surface area contributed by atoms with Gasteiger partial charge >= 0.3 is 11.9 Å². The third-order valence-electron chi connectivity index (χ3n) is 6.44. The van der Waals surface area contributed by atoms with Gasteiger partial charge in [0.2, 0.25) is 11.9 Å². The van der Waals surface area contributed by atoms with E-state index >= 15 is 0 Å². The van der Waals surface area contributed by atoms with Crippen molar-refractivity contribution in [3.8, 4) is 0 Å². The van der Waals surface area contributed by atoms with Crippen molar-refractivity contribution in [2.45, 2.75) is 31.7 Å². The Bertz CT molecular complexity index is 1600. The fraction of sp³-hybridized carbons (Fsp3) is 0.214. The minimum atomic E-state index is -1.19. The lowest BCUT2D eigenvalue weighted by molar-refractivity contribution is -0.143. The van der Waals surface area contributed by atoms with E-state index in [9.17, 15) is 24.3 Å². The van der Waals surface area contributed by atoms with Gasteiger partial charge in [-0.2, -0.15) is 9.97 Å². The Morgan fingerprint density at radius 2 is 1.76 bits per heavy atom. The smallest absolute Gasteiger partial charge is 0.337 e.